The number of halogens is 1. The van der Waals surface area contributed by atoms with Crippen molar-refractivity contribution in [3.63, 3.8) is 0 Å². The lowest BCUT2D eigenvalue weighted by atomic mass is 10.1. The Morgan fingerprint density at radius 3 is 2.61 bits per heavy atom. The fourth-order valence-electron chi connectivity index (χ4n) is 1.80. The molecule has 0 saturated carbocycles. The first-order valence-corrected chi connectivity index (χ1v) is 6.21. The summed E-state index contributed by atoms with van der Waals surface area (Å²) in [5.41, 5.74) is 0. The zero-order chi connectivity index (χ0) is 13.0. The molecule has 1 aliphatic heterocycles. The second-order valence-corrected chi connectivity index (χ2v) is 4.55. The van der Waals surface area contributed by atoms with Gasteiger partial charge in [-0.15, -0.1) is 0 Å². The first kappa shape index (κ1) is 12.9. The predicted octanol–water partition coefficient (Wildman–Crippen LogP) is 1.91. The molecule has 0 aromatic heterocycles. The van der Waals surface area contributed by atoms with E-state index in [0.29, 0.717) is 36.7 Å². The lowest BCUT2D eigenvalue weighted by Crippen LogP contribution is -2.41. The summed E-state index contributed by atoms with van der Waals surface area (Å²) in [7, 11) is 0. The number of amides is 1. The number of rotatable bonds is 3. The van der Waals surface area contributed by atoms with Crippen LogP contribution in [-0.4, -0.2) is 36.3 Å². The second kappa shape index (κ2) is 5.87. The van der Waals surface area contributed by atoms with Gasteiger partial charge >= 0.3 is 0 Å². The van der Waals surface area contributed by atoms with Crippen LogP contribution in [0.2, 0.25) is 5.02 Å². The Kier molecular flexibility index (Phi) is 4.20. The molecule has 1 amide bonds. The third-order valence-corrected chi connectivity index (χ3v) is 3.17. The lowest BCUT2D eigenvalue weighted by Gasteiger charge is -2.25. The second-order valence-electron chi connectivity index (χ2n) is 4.14. The van der Waals surface area contributed by atoms with E-state index in [1.165, 1.54) is 0 Å². The molecule has 0 N–H and O–H groups in total. The summed E-state index contributed by atoms with van der Waals surface area (Å²) in [6.45, 7) is 0.936. The summed E-state index contributed by atoms with van der Waals surface area (Å²) in [4.78, 5) is 24.6. The molecular weight excluding hydrogens is 254 g/mol. The summed E-state index contributed by atoms with van der Waals surface area (Å²) in [6.07, 6.45) is 0.885. The van der Waals surface area contributed by atoms with E-state index in [1.54, 1.807) is 29.2 Å². The number of piperidine rings is 1. The molecule has 1 heterocycles. The number of carbonyl (C=O) groups excluding carboxylic acids is 2. The quantitative estimate of drug-likeness (QED) is 0.840. The highest BCUT2D eigenvalue weighted by atomic mass is 35.5. The van der Waals surface area contributed by atoms with Gasteiger partial charge in [-0.1, -0.05) is 23.7 Å². The minimum Gasteiger partial charge on any atom is -0.482 e. The molecule has 0 aliphatic carbocycles. The Balaban J connectivity index is 1.85. The smallest absolute Gasteiger partial charge is 0.260 e. The van der Waals surface area contributed by atoms with Crippen LogP contribution in [-0.2, 0) is 9.59 Å². The number of nitrogens with zero attached hydrogens (tertiary/aromatic N) is 1. The lowest BCUT2D eigenvalue weighted by molar-refractivity contribution is -0.136. The number of para-hydroxylation sites is 1. The molecule has 5 heteroatoms. The molecule has 18 heavy (non-hydrogen) atoms. The molecule has 96 valence electrons. The van der Waals surface area contributed by atoms with Gasteiger partial charge in [-0.05, 0) is 12.1 Å². The van der Waals surface area contributed by atoms with E-state index in [2.05, 4.69) is 0 Å². The van der Waals surface area contributed by atoms with Crippen molar-refractivity contribution >= 4 is 23.3 Å². The Bertz CT molecular complexity index is 451. The summed E-state index contributed by atoms with van der Waals surface area (Å²) < 4.78 is 5.37. The van der Waals surface area contributed by atoms with Crippen LogP contribution in [0.3, 0.4) is 0 Å². The summed E-state index contributed by atoms with van der Waals surface area (Å²) in [5.74, 6) is 0.606. The third-order valence-electron chi connectivity index (χ3n) is 2.86. The van der Waals surface area contributed by atoms with Crippen molar-refractivity contribution in [2.45, 2.75) is 12.8 Å². The van der Waals surface area contributed by atoms with Crippen LogP contribution in [0.15, 0.2) is 24.3 Å². The molecule has 1 aromatic rings. The van der Waals surface area contributed by atoms with E-state index in [0.717, 1.165) is 0 Å². The SMILES string of the molecule is O=C1CCN(C(=O)COc2ccccc2Cl)CC1. The molecule has 0 bridgehead atoms. The number of carbonyl (C=O) groups is 2. The average Bonchev–Trinajstić information content (AvgIpc) is 2.38. The van der Waals surface area contributed by atoms with Crippen LogP contribution in [0.5, 0.6) is 5.75 Å². The van der Waals surface area contributed by atoms with Crippen molar-refractivity contribution in [2.75, 3.05) is 19.7 Å². The fraction of sp³-hybridized carbons (Fsp3) is 0.385. The number of benzene rings is 1. The molecule has 1 aliphatic rings. The highest BCUT2D eigenvalue weighted by molar-refractivity contribution is 6.32. The highest BCUT2D eigenvalue weighted by Gasteiger charge is 2.21. The number of ketones is 1. The molecule has 0 atom stereocenters. The largest absolute Gasteiger partial charge is 0.482 e. The van der Waals surface area contributed by atoms with Crippen molar-refractivity contribution < 1.29 is 14.3 Å². The van der Waals surface area contributed by atoms with Gasteiger partial charge in [0.2, 0.25) is 0 Å². The standard InChI is InChI=1S/C13H14ClNO3/c14-11-3-1-2-4-12(11)18-9-13(17)15-7-5-10(16)6-8-15/h1-4H,5-9H2. The number of Topliss-reactive ketones (excluding diaryl/α,β-unsaturated/α-hetero) is 1. The molecular formula is C13H14ClNO3. The van der Waals surface area contributed by atoms with Gasteiger partial charge in [0, 0.05) is 25.9 Å². The molecule has 1 saturated heterocycles. The van der Waals surface area contributed by atoms with E-state index >= 15 is 0 Å². The van der Waals surface area contributed by atoms with Crippen LogP contribution in [0.1, 0.15) is 12.8 Å². The van der Waals surface area contributed by atoms with Gasteiger partial charge in [-0.3, -0.25) is 9.59 Å². The molecule has 0 radical (unpaired) electrons. The van der Waals surface area contributed by atoms with Crippen molar-refractivity contribution in [2.24, 2.45) is 0 Å². The van der Waals surface area contributed by atoms with Crippen LogP contribution in [0, 0.1) is 0 Å². The Labute approximate surface area is 110 Å². The minimum atomic E-state index is -0.109. The maximum Gasteiger partial charge on any atom is 0.260 e. The third kappa shape index (κ3) is 3.23. The first-order chi connectivity index (χ1) is 8.66. The Hall–Kier alpha value is -1.55. The Morgan fingerprint density at radius 1 is 1.28 bits per heavy atom. The number of likely N-dealkylation sites (tertiary alicyclic amines) is 1. The number of hydrogen-bond donors (Lipinski definition) is 0. The zero-order valence-electron chi connectivity index (χ0n) is 9.89. The van der Waals surface area contributed by atoms with Crippen LogP contribution >= 0.6 is 11.6 Å². The van der Waals surface area contributed by atoms with Crippen molar-refractivity contribution in [3.8, 4) is 5.75 Å². The van der Waals surface area contributed by atoms with Crippen LogP contribution in [0.25, 0.3) is 0 Å². The van der Waals surface area contributed by atoms with Crippen molar-refractivity contribution in [1.82, 2.24) is 4.90 Å². The molecule has 2 rings (SSSR count). The van der Waals surface area contributed by atoms with E-state index in [4.69, 9.17) is 16.3 Å². The van der Waals surface area contributed by atoms with Gasteiger partial charge in [0.15, 0.2) is 6.61 Å². The molecule has 4 nitrogen and oxygen atoms in total. The summed E-state index contributed by atoms with van der Waals surface area (Å²) >= 11 is 5.92. The van der Waals surface area contributed by atoms with E-state index in [1.807, 2.05) is 0 Å². The van der Waals surface area contributed by atoms with Gasteiger partial charge in [0.05, 0.1) is 5.02 Å². The monoisotopic (exact) mass is 267 g/mol. The Morgan fingerprint density at radius 2 is 1.94 bits per heavy atom. The number of hydrogen-bond acceptors (Lipinski definition) is 3. The normalized spacial score (nSPS) is 15.6. The van der Waals surface area contributed by atoms with Gasteiger partial charge in [0.25, 0.3) is 5.91 Å². The fourth-order valence-corrected chi connectivity index (χ4v) is 1.99. The number of ether oxygens (including phenoxy) is 1. The van der Waals surface area contributed by atoms with Gasteiger partial charge < -0.3 is 9.64 Å². The summed E-state index contributed by atoms with van der Waals surface area (Å²) in [5, 5.41) is 0.485. The highest BCUT2D eigenvalue weighted by Crippen LogP contribution is 2.23. The maximum atomic E-state index is 11.8. The first-order valence-electron chi connectivity index (χ1n) is 5.83. The zero-order valence-corrected chi connectivity index (χ0v) is 10.7. The van der Waals surface area contributed by atoms with E-state index in [-0.39, 0.29) is 18.3 Å². The predicted molar refractivity (Wildman–Crippen MR) is 67.8 cm³/mol. The van der Waals surface area contributed by atoms with Crippen LogP contribution in [0.4, 0.5) is 0 Å². The van der Waals surface area contributed by atoms with Gasteiger partial charge in [-0.25, -0.2) is 0 Å². The summed E-state index contributed by atoms with van der Waals surface area (Å²) in [6, 6.07) is 7.02. The van der Waals surface area contributed by atoms with Crippen LogP contribution < -0.4 is 4.74 Å². The van der Waals surface area contributed by atoms with Gasteiger partial charge in [0.1, 0.15) is 11.5 Å². The molecule has 0 spiro atoms. The molecule has 0 unspecified atom stereocenters. The maximum absolute atomic E-state index is 11.8. The minimum absolute atomic E-state index is 0.0437. The topological polar surface area (TPSA) is 46.6 Å². The van der Waals surface area contributed by atoms with E-state index in [9.17, 15) is 9.59 Å². The van der Waals surface area contributed by atoms with Crippen molar-refractivity contribution in [3.05, 3.63) is 29.3 Å². The molecule has 1 fully saturated rings. The van der Waals surface area contributed by atoms with Gasteiger partial charge in [-0.2, -0.15) is 0 Å². The molecule has 1 aromatic carbocycles. The average molecular weight is 268 g/mol. The van der Waals surface area contributed by atoms with Crippen molar-refractivity contribution in [1.29, 1.82) is 0 Å². The van der Waals surface area contributed by atoms with E-state index < -0.39 is 0 Å².